The van der Waals surface area contributed by atoms with Crippen molar-refractivity contribution in [3.63, 3.8) is 0 Å². The van der Waals surface area contributed by atoms with Crippen molar-refractivity contribution in [3.8, 4) is 0 Å². The van der Waals surface area contributed by atoms with Crippen LogP contribution in [0.4, 0.5) is 0 Å². The third-order valence-corrected chi connectivity index (χ3v) is 2.20. The highest BCUT2D eigenvalue weighted by molar-refractivity contribution is 5.81. The van der Waals surface area contributed by atoms with E-state index < -0.39 is 6.04 Å². The van der Waals surface area contributed by atoms with E-state index in [1.54, 1.807) is 7.11 Å². The van der Waals surface area contributed by atoms with Crippen molar-refractivity contribution in [2.24, 2.45) is 5.73 Å². The van der Waals surface area contributed by atoms with Crippen molar-refractivity contribution in [2.75, 3.05) is 40.1 Å². The van der Waals surface area contributed by atoms with Gasteiger partial charge in [0, 0.05) is 26.9 Å². The van der Waals surface area contributed by atoms with Gasteiger partial charge in [-0.05, 0) is 19.3 Å². The van der Waals surface area contributed by atoms with Crippen LogP contribution in [0.15, 0.2) is 0 Å². The number of amides is 1. The Morgan fingerprint density at radius 3 is 2.76 bits per heavy atom. The van der Waals surface area contributed by atoms with E-state index in [0.717, 1.165) is 12.8 Å². The highest BCUT2D eigenvalue weighted by Crippen LogP contribution is 1.95. The summed E-state index contributed by atoms with van der Waals surface area (Å²) < 4.78 is 9.94. The lowest BCUT2D eigenvalue weighted by Crippen LogP contribution is -2.41. The number of nitrogens with two attached hydrogens (primary N) is 1. The van der Waals surface area contributed by atoms with Crippen LogP contribution < -0.4 is 11.1 Å². The average molecular weight is 248 g/mol. The summed E-state index contributed by atoms with van der Waals surface area (Å²) in [6.07, 6.45) is 2.13. The van der Waals surface area contributed by atoms with Crippen LogP contribution in [-0.2, 0) is 14.3 Å². The zero-order valence-corrected chi connectivity index (χ0v) is 10.5. The summed E-state index contributed by atoms with van der Waals surface area (Å²) in [4.78, 5) is 11.5. The maximum Gasteiger partial charge on any atom is 0.236 e. The molecule has 6 heteroatoms. The van der Waals surface area contributed by atoms with Crippen LogP contribution in [0.3, 0.4) is 0 Å². The fourth-order valence-corrected chi connectivity index (χ4v) is 1.26. The molecule has 0 radical (unpaired) electrons. The van der Waals surface area contributed by atoms with E-state index in [0.29, 0.717) is 32.8 Å². The van der Waals surface area contributed by atoms with Gasteiger partial charge in [0.15, 0.2) is 0 Å². The second-order valence-corrected chi connectivity index (χ2v) is 3.72. The number of nitrogens with one attached hydrogen (secondary N) is 1. The Labute approximate surface area is 102 Å². The van der Waals surface area contributed by atoms with Crippen molar-refractivity contribution in [1.82, 2.24) is 5.32 Å². The molecule has 0 aromatic carbocycles. The quantitative estimate of drug-likeness (QED) is 0.419. The van der Waals surface area contributed by atoms with E-state index in [9.17, 15) is 4.79 Å². The molecule has 102 valence electrons. The van der Waals surface area contributed by atoms with Gasteiger partial charge in [-0.2, -0.15) is 0 Å². The van der Waals surface area contributed by atoms with Crippen LogP contribution in [0.5, 0.6) is 0 Å². The van der Waals surface area contributed by atoms with E-state index in [2.05, 4.69) is 5.32 Å². The van der Waals surface area contributed by atoms with Gasteiger partial charge in [0.05, 0.1) is 19.3 Å². The number of hydrogen-bond donors (Lipinski definition) is 3. The Morgan fingerprint density at radius 1 is 1.35 bits per heavy atom. The first-order valence-corrected chi connectivity index (χ1v) is 5.93. The van der Waals surface area contributed by atoms with Crippen LogP contribution in [0.2, 0.25) is 0 Å². The molecule has 0 heterocycles. The molecule has 4 N–H and O–H groups in total. The Bertz CT molecular complexity index is 190. The molecule has 0 saturated carbocycles. The van der Waals surface area contributed by atoms with Gasteiger partial charge in [0.1, 0.15) is 0 Å². The number of aliphatic hydroxyl groups excluding tert-OH is 1. The summed E-state index contributed by atoms with van der Waals surface area (Å²) in [5.74, 6) is -0.136. The second kappa shape index (κ2) is 11.8. The number of ether oxygens (including phenoxy) is 2. The van der Waals surface area contributed by atoms with Crippen molar-refractivity contribution < 1.29 is 19.4 Å². The molecular weight excluding hydrogens is 224 g/mol. The molecule has 6 nitrogen and oxygen atoms in total. The number of aliphatic hydroxyl groups is 1. The van der Waals surface area contributed by atoms with E-state index in [-0.39, 0.29) is 12.5 Å². The van der Waals surface area contributed by atoms with Gasteiger partial charge in [-0.1, -0.05) is 0 Å². The van der Waals surface area contributed by atoms with Gasteiger partial charge >= 0.3 is 0 Å². The molecule has 1 amide bonds. The number of rotatable bonds is 11. The standard InChI is InChI=1S/C11H24N2O4/c1-16-7-2-4-10(12)11(15)13-5-3-8-17-9-6-14/h10,14H,2-9,12H2,1H3,(H,13,15). The minimum Gasteiger partial charge on any atom is -0.394 e. The Hall–Kier alpha value is -0.690. The van der Waals surface area contributed by atoms with Gasteiger partial charge in [-0.3, -0.25) is 4.79 Å². The minimum absolute atomic E-state index is 0.0245. The topological polar surface area (TPSA) is 93.8 Å². The first-order valence-electron chi connectivity index (χ1n) is 5.93. The summed E-state index contributed by atoms with van der Waals surface area (Å²) in [6, 6.07) is -0.469. The lowest BCUT2D eigenvalue weighted by molar-refractivity contribution is -0.122. The summed E-state index contributed by atoms with van der Waals surface area (Å²) in [5, 5.41) is 11.2. The third kappa shape index (κ3) is 10.2. The largest absolute Gasteiger partial charge is 0.394 e. The van der Waals surface area contributed by atoms with Crippen molar-refractivity contribution in [1.29, 1.82) is 0 Å². The summed E-state index contributed by atoms with van der Waals surface area (Å²) >= 11 is 0. The number of hydrogen-bond acceptors (Lipinski definition) is 5. The smallest absolute Gasteiger partial charge is 0.236 e. The predicted molar refractivity (Wildman–Crippen MR) is 64.6 cm³/mol. The van der Waals surface area contributed by atoms with Crippen molar-refractivity contribution in [2.45, 2.75) is 25.3 Å². The van der Waals surface area contributed by atoms with Gasteiger partial charge in [0.25, 0.3) is 0 Å². The number of carbonyl (C=O) groups excluding carboxylic acids is 1. The van der Waals surface area contributed by atoms with E-state index in [1.807, 2.05) is 0 Å². The molecule has 0 bridgehead atoms. The van der Waals surface area contributed by atoms with Crippen LogP contribution in [0, 0.1) is 0 Å². The molecule has 0 fully saturated rings. The maximum absolute atomic E-state index is 11.5. The highest BCUT2D eigenvalue weighted by Gasteiger charge is 2.11. The Balaban J connectivity index is 3.37. The van der Waals surface area contributed by atoms with Crippen LogP contribution in [0.1, 0.15) is 19.3 Å². The molecule has 0 aromatic rings. The van der Waals surface area contributed by atoms with Crippen molar-refractivity contribution in [3.05, 3.63) is 0 Å². The highest BCUT2D eigenvalue weighted by atomic mass is 16.5. The van der Waals surface area contributed by atoms with E-state index in [4.69, 9.17) is 20.3 Å². The molecule has 1 unspecified atom stereocenters. The van der Waals surface area contributed by atoms with Crippen LogP contribution in [0.25, 0.3) is 0 Å². The Kier molecular flexibility index (Phi) is 11.3. The SMILES string of the molecule is COCCCC(N)C(=O)NCCCOCCO. The third-order valence-electron chi connectivity index (χ3n) is 2.20. The first kappa shape index (κ1) is 16.3. The molecule has 0 aliphatic rings. The van der Waals surface area contributed by atoms with Crippen LogP contribution in [-0.4, -0.2) is 57.1 Å². The molecule has 0 aliphatic heterocycles. The maximum atomic E-state index is 11.5. The molecule has 0 rings (SSSR count). The number of methoxy groups -OCH3 is 1. The number of carbonyl (C=O) groups is 1. The van der Waals surface area contributed by atoms with Crippen molar-refractivity contribution >= 4 is 5.91 Å². The van der Waals surface area contributed by atoms with E-state index in [1.165, 1.54) is 0 Å². The molecular formula is C11H24N2O4. The second-order valence-electron chi connectivity index (χ2n) is 3.72. The van der Waals surface area contributed by atoms with Gasteiger partial charge in [-0.15, -0.1) is 0 Å². The minimum atomic E-state index is -0.469. The first-order chi connectivity index (χ1) is 8.22. The fraction of sp³-hybridized carbons (Fsp3) is 0.909. The molecule has 17 heavy (non-hydrogen) atoms. The monoisotopic (exact) mass is 248 g/mol. The molecule has 0 saturated heterocycles. The fourth-order valence-electron chi connectivity index (χ4n) is 1.26. The van der Waals surface area contributed by atoms with Gasteiger partial charge in [-0.25, -0.2) is 0 Å². The van der Waals surface area contributed by atoms with Crippen LogP contribution >= 0.6 is 0 Å². The molecule has 0 spiro atoms. The van der Waals surface area contributed by atoms with Gasteiger partial charge in [0.2, 0.25) is 5.91 Å². The average Bonchev–Trinajstić information content (AvgIpc) is 2.33. The molecule has 0 aliphatic carbocycles. The van der Waals surface area contributed by atoms with Gasteiger partial charge < -0.3 is 25.6 Å². The zero-order chi connectivity index (χ0) is 12.9. The summed E-state index contributed by atoms with van der Waals surface area (Å²) in [5.41, 5.74) is 5.69. The lowest BCUT2D eigenvalue weighted by Gasteiger charge is -2.11. The normalized spacial score (nSPS) is 12.4. The zero-order valence-electron chi connectivity index (χ0n) is 10.5. The predicted octanol–water partition coefficient (Wildman–Crippen LogP) is -0.744. The molecule has 1 atom stereocenters. The lowest BCUT2D eigenvalue weighted by atomic mass is 10.1. The molecule has 0 aromatic heterocycles. The summed E-state index contributed by atoms with van der Waals surface area (Å²) in [7, 11) is 1.62. The Morgan fingerprint density at radius 2 is 2.12 bits per heavy atom. The summed E-state index contributed by atoms with van der Waals surface area (Å²) in [6.45, 7) is 2.05. The van der Waals surface area contributed by atoms with E-state index >= 15 is 0 Å².